The number of methoxy groups -OCH3 is 1. The predicted molar refractivity (Wildman–Crippen MR) is 126 cm³/mol. The maximum atomic E-state index is 12.8. The van der Waals surface area contributed by atoms with Crippen LogP contribution in [0.4, 0.5) is 16.2 Å². The zero-order valence-corrected chi connectivity index (χ0v) is 20.5. The SMILES string of the molecule is COC1(C(=O)Nc2c[nH]c3ncc(Br)c(N4CCC[C@@H](NC(=O)OC(C)(C)C)C4)c23)CC1. The minimum Gasteiger partial charge on any atom is -0.444 e. The van der Waals surface area contributed by atoms with E-state index in [0.29, 0.717) is 17.9 Å². The van der Waals surface area contributed by atoms with Crippen molar-refractivity contribution in [2.24, 2.45) is 0 Å². The first-order chi connectivity index (χ1) is 15.1. The number of fused-ring (bicyclic) bond motifs is 1. The molecule has 2 aliphatic rings. The number of carbonyl (C=O) groups is 2. The van der Waals surface area contributed by atoms with E-state index < -0.39 is 17.3 Å². The minimum absolute atomic E-state index is 0.0473. The first-order valence-electron chi connectivity index (χ1n) is 10.9. The third-order valence-electron chi connectivity index (χ3n) is 5.84. The lowest BCUT2D eigenvalue weighted by molar-refractivity contribution is -0.128. The summed E-state index contributed by atoms with van der Waals surface area (Å²) in [5, 5.41) is 6.84. The number of anilines is 2. The molecule has 0 radical (unpaired) electrons. The monoisotopic (exact) mass is 507 g/mol. The number of ether oxygens (including phenoxy) is 2. The molecule has 32 heavy (non-hydrogen) atoms. The van der Waals surface area contributed by atoms with Crippen LogP contribution in [0, 0.1) is 0 Å². The van der Waals surface area contributed by atoms with Crippen molar-refractivity contribution < 1.29 is 19.1 Å². The summed E-state index contributed by atoms with van der Waals surface area (Å²) in [7, 11) is 1.57. The molecule has 1 aliphatic heterocycles. The quantitative estimate of drug-likeness (QED) is 0.565. The van der Waals surface area contributed by atoms with Crippen LogP contribution < -0.4 is 15.5 Å². The number of pyridine rings is 1. The van der Waals surface area contributed by atoms with Gasteiger partial charge >= 0.3 is 6.09 Å². The highest BCUT2D eigenvalue weighted by molar-refractivity contribution is 9.10. The number of piperidine rings is 1. The van der Waals surface area contributed by atoms with E-state index in [1.54, 1.807) is 19.5 Å². The standard InChI is InChI=1S/C22H30BrN5O4/c1-21(2,3)32-20(30)26-13-6-5-9-28(12-13)17-14(23)10-24-18-16(17)15(11-25-18)27-19(29)22(31-4)7-8-22/h10-11,13H,5-9,12H2,1-4H3,(H,24,25)(H,26,30)(H,27,29)/t13-/m1/s1. The van der Waals surface area contributed by atoms with Crippen molar-refractivity contribution in [2.45, 2.75) is 63.7 Å². The van der Waals surface area contributed by atoms with Crippen LogP contribution in [0.3, 0.4) is 0 Å². The molecule has 2 aromatic heterocycles. The van der Waals surface area contributed by atoms with Crippen molar-refractivity contribution in [3.05, 3.63) is 16.9 Å². The van der Waals surface area contributed by atoms with Crippen LogP contribution >= 0.6 is 15.9 Å². The largest absolute Gasteiger partial charge is 0.444 e. The summed E-state index contributed by atoms with van der Waals surface area (Å²) >= 11 is 3.65. The molecule has 1 aliphatic carbocycles. The van der Waals surface area contributed by atoms with Crippen LogP contribution in [0.25, 0.3) is 11.0 Å². The lowest BCUT2D eigenvalue weighted by atomic mass is 10.0. The summed E-state index contributed by atoms with van der Waals surface area (Å²) in [5.41, 5.74) is 1.02. The second kappa shape index (κ2) is 8.55. The topological polar surface area (TPSA) is 109 Å². The van der Waals surface area contributed by atoms with Crippen LogP contribution in [-0.2, 0) is 14.3 Å². The normalized spacial score (nSPS) is 20.2. The Kier molecular flexibility index (Phi) is 6.10. The number of H-pyrrole nitrogens is 1. The second-order valence-electron chi connectivity index (χ2n) is 9.46. The van der Waals surface area contributed by atoms with Gasteiger partial charge in [0.15, 0.2) is 0 Å². The van der Waals surface area contributed by atoms with Crippen molar-refractivity contribution in [2.75, 3.05) is 30.4 Å². The third kappa shape index (κ3) is 4.71. The Morgan fingerprint density at radius 1 is 1.34 bits per heavy atom. The number of amides is 2. The number of nitrogens with zero attached hydrogens (tertiary/aromatic N) is 2. The number of nitrogens with one attached hydrogen (secondary N) is 3. The molecule has 0 spiro atoms. The van der Waals surface area contributed by atoms with E-state index in [0.717, 1.165) is 47.8 Å². The van der Waals surface area contributed by atoms with Gasteiger partial charge in [-0.05, 0) is 62.4 Å². The molecule has 9 nitrogen and oxygen atoms in total. The average Bonchev–Trinajstić information content (AvgIpc) is 3.43. The maximum Gasteiger partial charge on any atom is 0.407 e. The molecule has 10 heteroatoms. The van der Waals surface area contributed by atoms with Crippen LogP contribution in [0.15, 0.2) is 16.9 Å². The molecule has 174 valence electrons. The number of aromatic nitrogens is 2. The molecule has 3 N–H and O–H groups in total. The Morgan fingerprint density at radius 2 is 2.09 bits per heavy atom. The molecule has 1 saturated heterocycles. The minimum atomic E-state index is -0.725. The molecule has 3 heterocycles. The van der Waals surface area contributed by atoms with Gasteiger partial charge in [-0.25, -0.2) is 9.78 Å². The molecule has 2 amide bonds. The van der Waals surface area contributed by atoms with Gasteiger partial charge < -0.3 is 30.0 Å². The van der Waals surface area contributed by atoms with Crippen molar-refractivity contribution in [1.29, 1.82) is 0 Å². The Labute approximate surface area is 195 Å². The van der Waals surface area contributed by atoms with Crippen molar-refractivity contribution in [3.8, 4) is 0 Å². The van der Waals surface area contributed by atoms with E-state index in [-0.39, 0.29) is 11.9 Å². The van der Waals surface area contributed by atoms with Gasteiger partial charge in [-0.1, -0.05) is 0 Å². The van der Waals surface area contributed by atoms with E-state index in [9.17, 15) is 9.59 Å². The Bertz CT molecular complexity index is 1030. The van der Waals surface area contributed by atoms with Gasteiger partial charge in [-0.15, -0.1) is 0 Å². The highest BCUT2D eigenvalue weighted by Gasteiger charge is 2.50. The van der Waals surface area contributed by atoms with Gasteiger partial charge in [0, 0.05) is 38.6 Å². The molecule has 0 bridgehead atoms. The van der Waals surface area contributed by atoms with E-state index in [1.807, 2.05) is 20.8 Å². The molecular weight excluding hydrogens is 478 g/mol. The van der Waals surface area contributed by atoms with E-state index >= 15 is 0 Å². The summed E-state index contributed by atoms with van der Waals surface area (Å²) in [4.78, 5) is 34.9. The van der Waals surface area contributed by atoms with Gasteiger partial charge in [0.05, 0.1) is 21.2 Å². The second-order valence-corrected chi connectivity index (χ2v) is 10.3. The first-order valence-corrected chi connectivity index (χ1v) is 11.7. The zero-order chi connectivity index (χ0) is 23.1. The zero-order valence-electron chi connectivity index (χ0n) is 18.9. The van der Waals surface area contributed by atoms with Gasteiger partial charge in [0.2, 0.25) is 0 Å². The number of hydrogen-bond donors (Lipinski definition) is 3. The Balaban J connectivity index is 1.58. The summed E-state index contributed by atoms with van der Waals surface area (Å²) < 4.78 is 11.7. The number of hydrogen-bond acceptors (Lipinski definition) is 6. The van der Waals surface area contributed by atoms with Crippen molar-refractivity contribution in [3.63, 3.8) is 0 Å². The molecule has 2 aromatic rings. The summed E-state index contributed by atoms with van der Waals surface area (Å²) in [6.45, 7) is 6.99. The molecule has 2 fully saturated rings. The first kappa shape index (κ1) is 22.8. The van der Waals surface area contributed by atoms with Gasteiger partial charge in [0.1, 0.15) is 16.8 Å². The third-order valence-corrected chi connectivity index (χ3v) is 6.43. The molecule has 1 saturated carbocycles. The average molecular weight is 508 g/mol. The number of aromatic amines is 1. The maximum absolute atomic E-state index is 12.8. The number of alkyl carbamates (subject to hydrolysis) is 1. The number of rotatable bonds is 5. The lowest BCUT2D eigenvalue weighted by Crippen LogP contribution is -2.49. The van der Waals surface area contributed by atoms with Crippen molar-refractivity contribution in [1.82, 2.24) is 15.3 Å². The van der Waals surface area contributed by atoms with Gasteiger partial charge in [-0.3, -0.25) is 4.79 Å². The number of carbonyl (C=O) groups excluding carboxylic acids is 2. The molecule has 0 aromatic carbocycles. The fourth-order valence-electron chi connectivity index (χ4n) is 4.11. The summed E-state index contributed by atoms with van der Waals surface area (Å²) in [6, 6.07) is -0.0473. The van der Waals surface area contributed by atoms with Crippen LogP contribution in [0.2, 0.25) is 0 Å². The Morgan fingerprint density at radius 3 is 2.75 bits per heavy atom. The summed E-state index contributed by atoms with van der Waals surface area (Å²) in [6.07, 6.45) is 6.32. The van der Waals surface area contributed by atoms with Crippen LogP contribution in [0.5, 0.6) is 0 Å². The van der Waals surface area contributed by atoms with Gasteiger partial charge in [0.25, 0.3) is 5.91 Å². The molecule has 1 atom stereocenters. The Hall–Kier alpha value is -2.33. The molecular formula is C22H30BrN5O4. The fourth-order valence-corrected chi connectivity index (χ4v) is 4.66. The lowest BCUT2D eigenvalue weighted by Gasteiger charge is -2.36. The molecule has 0 unspecified atom stereocenters. The fraction of sp³-hybridized carbons (Fsp3) is 0.591. The van der Waals surface area contributed by atoms with Gasteiger partial charge in [-0.2, -0.15) is 0 Å². The smallest absolute Gasteiger partial charge is 0.407 e. The predicted octanol–water partition coefficient (Wildman–Crippen LogP) is 3.94. The summed E-state index contributed by atoms with van der Waals surface area (Å²) in [5.74, 6) is -0.144. The highest BCUT2D eigenvalue weighted by atomic mass is 79.9. The van der Waals surface area contributed by atoms with E-state index in [4.69, 9.17) is 9.47 Å². The van der Waals surface area contributed by atoms with Crippen molar-refractivity contribution >= 4 is 50.3 Å². The van der Waals surface area contributed by atoms with Crippen LogP contribution in [-0.4, -0.2) is 59.4 Å². The van der Waals surface area contributed by atoms with Crippen LogP contribution in [0.1, 0.15) is 46.5 Å². The molecule has 4 rings (SSSR count). The van der Waals surface area contributed by atoms with E-state index in [2.05, 4.69) is 41.4 Å². The van der Waals surface area contributed by atoms with E-state index in [1.165, 1.54) is 0 Å². The highest BCUT2D eigenvalue weighted by Crippen LogP contribution is 2.42. The number of halogens is 1.